The van der Waals surface area contributed by atoms with Gasteiger partial charge in [-0.05, 0) is 77.7 Å². The lowest BCUT2D eigenvalue weighted by Crippen LogP contribution is -2.66. The number of nitrogens with zero attached hydrogens (tertiary/aromatic N) is 2. The predicted octanol–water partition coefficient (Wildman–Crippen LogP) is 6.16. The Morgan fingerprint density at radius 1 is 1.04 bits per heavy atom. The largest absolute Gasteiger partial charge is 0.458 e. The quantitative estimate of drug-likeness (QED) is 0.103. The van der Waals surface area contributed by atoms with E-state index in [1.807, 2.05) is 19.1 Å². The van der Waals surface area contributed by atoms with Crippen molar-refractivity contribution in [1.29, 1.82) is 0 Å². The molecule has 290 valence electrons. The number of benzene rings is 3. The molecule has 2 aliphatic heterocycles. The van der Waals surface area contributed by atoms with Gasteiger partial charge in [0, 0.05) is 35.6 Å². The molecule has 4 heterocycles. The van der Waals surface area contributed by atoms with Gasteiger partial charge >= 0.3 is 5.97 Å². The van der Waals surface area contributed by atoms with Gasteiger partial charge in [-0.1, -0.05) is 88.4 Å². The van der Waals surface area contributed by atoms with Crippen molar-refractivity contribution in [2.75, 3.05) is 6.61 Å². The van der Waals surface area contributed by atoms with E-state index in [1.54, 1.807) is 24.5 Å². The summed E-state index contributed by atoms with van der Waals surface area (Å²) in [6.45, 7) is 12.4. The van der Waals surface area contributed by atoms with Crippen molar-refractivity contribution in [2.45, 2.75) is 103 Å². The summed E-state index contributed by atoms with van der Waals surface area (Å²) in [7, 11) is -2.77. The number of halogens is 1. The zero-order valence-corrected chi connectivity index (χ0v) is 33.8. The maximum absolute atomic E-state index is 15.5. The molecule has 0 saturated heterocycles. The number of rotatable bonds is 9. The molecule has 1 amide bonds. The summed E-state index contributed by atoms with van der Waals surface area (Å²) in [4.78, 5) is 45.8. The van der Waals surface area contributed by atoms with Crippen LogP contribution in [0.4, 0.5) is 4.39 Å². The van der Waals surface area contributed by atoms with E-state index in [-0.39, 0.29) is 59.4 Å². The molecule has 8 rings (SSSR count). The van der Waals surface area contributed by atoms with Gasteiger partial charge in [0.1, 0.15) is 12.4 Å². The minimum Gasteiger partial charge on any atom is -0.458 e. The van der Waals surface area contributed by atoms with E-state index in [1.165, 1.54) is 16.4 Å². The fraction of sp³-hybridized carbons (Fsp3) is 0.378. The maximum Gasteiger partial charge on any atom is 0.343 e. The Balaban J connectivity index is 1.13. The average molecular weight is 774 g/mol. The molecule has 2 N–H and O–H groups in total. The molecule has 3 aliphatic rings. The van der Waals surface area contributed by atoms with Crippen molar-refractivity contribution in [2.24, 2.45) is 0 Å². The van der Waals surface area contributed by atoms with Gasteiger partial charge in [0.15, 0.2) is 5.60 Å². The molecule has 0 saturated carbocycles. The van der Waals surface area contributed by atoms with Gasteiger partial charge in [0.25, 0.3) is 13.9 Å². The first-order valence-corrected chi connectivity index (χ1v) is 21.4. The van der Waals surface area contributed by atoms with Crippen LogP contribution in [0, 0.1) is 12.7 Å². The van der Waals surface area contributed by atoms with E-state index in [0.29, 0.717) is 48.3 Å². The summed E-state index contributed by atoms with van der Waals surface area (Å²) in [5.74, 6) is -1.30. The second kappa shape index (κ2) is 13.6. The maximum atomic E-state index is 15.5. The Morgan fingerprint density at radius 3 is 2.32 bits per heavy atom. The third-order valence-corrected chi connectivity index (χ3v) is 17.5. The number of ether oxygens (including phenoxy) is 1. The number of carbonyl (C=O) groups is 2. The molecule has 0 spiro atoms. The lowest BCUT2D eigenvalue weighted by molar-refractivity contribution is -0.172. The van der Waals surface area contributed by atoms with Crippen molar-refractivity contribution < 1.29 is 28.2 Å². The predicted molar refractivity (Wildman–Crippen MR) is 216 cm³/mol. The van der Waals surface area contributed by atoms with Gasteiger partial charge in [-0.25, -0.2) is 14.2 Å². The van der Waals surface area contributed by atoms with Gasteiger partial charge in [-0.3, -0.25) is 9.59 Å². The first-order valence-electron chi connectivity index (χ1n) is 19.5. The molecule has 0 bridgehead atoms. The van der Waals surface area contributed by atoms with Crippen molar-refractivity contribution >= 4 is 41.5 Å². The zero-order valence-electron chi connectivity index (χ0n) is 32.8. The molecule has 5 aromatic rings. The van der Waals surface area contributed by atoms with Crippen molar-refractivity contribution in [1.82, 2.24) is 14.9 Å². The lowest BCUT2D eigenvalue weighted by atomic mass is 9.74. The summed E-state index contributed by atoms with van der Waals surface area (Å²) < 4.78 is 29.4. The van der Waals surface area contributed by atoms with Crippen LogP contribution in [0.25, 0.3) is 22.3 Å². The highest BCUT2D eigenvalue weighted by atomic mass is 28.4. The summed E-state index contributed by atoms with van der Waals surface area (Å²) in [5.41, 5.74) is 1.51. The van der Waals surface area contributed by atoms with E-state index in [2.05, 4.69) is 74.6 Å². The van der Waals surface area contributed by atoms with Crippen LogP contribution in [0.1, 0.15) is 93.7 Å². The normalized spacial score (nSPS) is 20.0. The fourth-order valence-electron chi connectivity index (χ4n) is 9.52. The molecule has 2 atom stereocenters. The Hall–Kier alpha value is -4.97. The monoisotopic (exact) mass is 773 g/mol. The number of cyclic esters (lactones) is 1. The summed E-state index contributed by atoms with van der Waals surface area (Å²) in [6.07, 6.45) is 1.80. The van der Waals surface area contributed by atoms with Gasteiger partial charge < -0.3 is 24.2 Å². The molecule has 9 nitrogen and oxygen atoms in total. The van der Waals surface area contributed by atoms with Gasteiger partial charge in [0.2, 0.25) is 5.91 Å². The molecule has 3 aromatic carbocycles. The summed E-state index contributed by atoms with van der Waals surface area (Å²) >= 11 is 0. The van der Waals surface area contributed by atoms with E-state index >= 15 is 4.39 Å². The van der Waals surface area contributed by atoms with Crippen LogP contribution in [-0.2, 0) is 49.5 Å². The number of esters is 1. The number of fused-ring (bicyclic) bond motifs is 5. The van der Waals surface area contributed by atoms with Crippen molar-refractivity contribution in [3.8, 4) is 11.4 Å². The first-order chi connectivity index (χ1) is 26.6. The molecule has 1 aliphatic carbocycles. The molecular weight excluding hydrogens is 726 g/mol. The standard InChI is InChI=1S/C45H48FN3O6Si/c1-7-45(53)33-23-36-40-31(25-49(36)41(51)32(33)26-54-42(45)52)39-38-30(27(2)34(46)24-35(38)47-40)20-21-44(39,6)48-37(50)19-14-22-55-56(43(3,4)5,28-15-10-8-11-16-28)29-17-12-9-13-18-29/h8-13,15-18,23-24,53H,7,14,19-22,25-26H2,1-6H3,(H,48,50)/t44-,45-/m0/s1. The molecular formula is C45H48FN3O6Si. The number of carbonyl (C=O) groups excluding carboxylic acids is 2. The number of pyridine rings is 2. The number of amides is 1. The van der Waals surface area contributed by atoms with E-state index < -0.39 is 25.4 Å². The SMILES string of the molecule is CC[C@@]1(O)C(=O)OCc2c1cc1n(c2=O)Cc2c-1nc1cc(F)c(C)c3c1c2[C@@](C)(NC(=O)CCCO[Si](c1ccccc1)(c1ccccc1)C(C)(C)C)CC3. The van der Waals surface area contributed by atoms with Crippen LogP contribution in [0.2, 0.25) is 5.04 Å². The Bertz CT molecular complexity index is 2440. The van der Waals surface area contributed by atoms with Crippen LogP contribution in [0.5, 0.6) is 0 Å². The average Bonchev–Trinajstić information content (AvgIpc) is 3.54. The fourth-order valence-corrected chi connectivity index (χ4v) is 14.1. The molecule has 11 heteroatoms. The molecule has 0 unspecified atom stereocenters. The van der Waals surface area contributed by atoms with Crippen LogP contribution in [0.3, 0.4) is 0 Å². The summed E-state index contributed by atoms with van der Waals surface area (Å²) in [6, 6.07) is 23.9. The Morgan fingerprint density at radius 2 is 1.70 bits per heavy atom. The van der Waals surface area contributed by atoms with E-state index in [4.69, 9.17) is 14.1 Å². The van der Waals surface area contributed by atoms with Crippen LogP contribution in [-0.4, -0.2) is 41.5 Å². The van der Waals surface area contributed by atoms with Gasteiger partial charge in [-0.15, -0.1) is 0 Å². The van der Waals surface area contributed by atoms with Crippen LogP contribution >= 0.6 is 0 Å². The highest BCUT2D eigenvalue weighted by Gasteiger charge is 2.50. The van der Waals surface area contributed by atoms with Crippen LogP contribution < -0.4 is 21.2 Å². The second-order valence-corrected chi connectivity index (χ2v) is 21.1. The minimum atomic E-state index is -2.77. The number of aromatic nitrogens is 2. The number of nitrogens with one attached hydrogen (secondary N) is 1. The van der Waals surface area contributed by atoms with E-state index in [9.17, 15) is 19.5 Å². The van der Waals surface area contributed by atoms with Crippen molar-refractivity contribution in [3.63, 3.8) is 0 Å². The smallest absolute Gasteiger partial charge is 0.343 e. The highest BCUT2D eigenvalue weighted by molar-refractivity contribution is 6.99. The van der Waals surface area contributed by atoms with E-state index in [0.717, 1.165) is 22.1 Å². The third kappa shape index (κ3) is 5.69. The summed E-state index contributed by atoms with van der Waals surface area (Å²) in [5, 5.41) is 17.8. The zero-order chi connectivity index (χ0) is 39.8. The number of aliphatic hydroxyl groups is 1. The number of hydrogen-bond acceptors (Lipinski definition) is 7. The Labute approximate surface area is 327 Å². The molecule has 56 heavy (non-hydrogen) atoms. The minimum absolute atomic E-state index is 0.0197. The van der Waals surface area contributed by atoms with Crippen molar-refractivity contribution in [3.05, 3.63) is 122 Å². The second-order valence-electron chi connectivity index (χ2n) is 16.8. The number of aryl methyl sites for hydroxylation is 1. The molecule has 0 radical (unpaired) electrons. The van der Waals surface area contributed by atoms with Gasteiger partial charge in [0.05, 0.1) is 34.6 Å². The highest BCUT2D eigenvalue weighted by Crippen LogP contribution is 2.48. The topological polar surface area (TPSA) is 120 Å². The van der Waals surface area contributed by atoms with Crippen LogP contribution in [0.15, 0.2) is 77.6 Å². The molecule has 0 fully saturated rings. The first kappa shape index (κ1) is 37.9. The molecule has 2 aromatic heterocycles. The lowest BCUT2D eigenvalue weighted by Gasteiger charge is -2.43. The van der Waals surface area contributed by atoms with Gasteiger partial charge in [-0.2, -0.15) is 0 Å². The third-order valence-electron chi connectivity index (χ3n) is 12.4. The number of hydrogen-bond donors (Lipinski definition) is 2. The Kier molecular flexibility index (Phi) is 9.21.